The molecule has 2 fully saturated rings. The van der Waals surface area contributed by atoms with E-state index in [4.69, 9.17) is 17.0 Å². The van der Waals surface area contributed by atoms with E-state index in [0.717, 1.165) is 25.2 Å². The van der Waals surface area contributed by atoms with E-state index in [0.29, 0.717) is 29.0 Å². The summed E-state index contributed by atoms with van der Waals surface area (Å²) < 4.78 is 34.5. The van der Waals surface area contributed by atoms with Crippen molar-refractivity contribution in [1.29, 1.82) is 0 Å². The first-order chi connectivity index (χ1) is 12.5. The maximum Gasteiger partial charge on any atom is 0.387 e. The molecule has 0 radical (unpaired) electrons. The Hall–Kier alpha value is -1.55. The molecule has 2 aliphatic rings. The summed E-state index contributed by atoms with van der Waals surface area (Å²) in [5.74, 6) is -0.0450. The van der Waals surface area contributed by atoms with Gasteiger partial charge in [-0.1, -0.05) is 36.1 Å². The minimum Gasteiger partial charge on any atom is -0.435 e. The molecule has 0 saturated carbocycles. The fourth-order valence-electron chi connectivity index (χ4n) is 2.66. The number of nitrogens with zero attached hydrogens (tertiary/aromatic N) is 2. The van der Waals surface area contributed by atoms with Crippen LogP contribution in [0.3, 0.4) is 0 Å². The number of rotatable bonds is 6. The number of amides is 1. The summed E-state index contributed by atoms with van der Waals surface area (Å²) in [6, 6.07) is 6.13. The van der Waals surface area contributed by atoms with Crippen LogP contribution < -0.4 is 4.74 Å². The minimum atomic E-state index is -2.86. The third-order valence-corrected chi connectivity index (χ3v) is 5.40. The lowest BCUT2D eigenvalue weighted by atomic mass is 10.2. The van der Waals surface area contributed by atoms with Crippen LogP contribution in [0.5, 0.6) is 5.75 Å². The first kappa shape index (κ1) is 19.2. The van der Waals surface area contributed by atoms with Gasteiger partial charge in [-0.3, -0.25) is 14.6 Å². The molecule has 0 unspecified atom stereocenters. The molecule has 1 aromatic carbocycles. The van der Waals surface area contributed by atoms with Crippen molar-refractivity contribution in [2.45, 2.75) is 6.61 Å². The number of halogens is 2. The van der Waals surface area contributed by atoms with E-state index in [1.54, 1.807) is 23.1 Å². The predicted molar refractivity (Wildman–Crippen MR) is 100 cm³/mol. The van der Waals surface area contributed by atoms with Gasteiger partial charge in [0.25, 0.3) is 5.91 Å². The van der Waals surface area contributed by atoms with Crippen LogP contribution in [0, 0.1) is 0 Å². The molecule has 2 saturated heterocycles. The van der Waals surface area contributed by atoms with Crippen LogP contribution in [0.4, 0.5) is 8.78 Å². The van der Waals surface area contributed by atoms with E-state index in [-0.39, 0.29) is 11.7 Å². The van der Waals surface area contributed by atoms with Gasteiger partial charge in [-0.25, -0.2) is 0 Å². The van der Waals surface area contributed by atoms with Gasteiger partial charge in [0.2, 0.25) is 0 Å². The Morgan fingerprint density at radius 2 is 1.92 bits per heavy atom. The number of alkyl halides is 2. The van der Waals surface area contributed by atoms with Crippen molar-refractivity contribution in [2.75, 3.05) is 39.4 Å². The van der Waals surface area contributed by atoms with E-state index in [1.807, 2.05) is 0 Å². The van der Waals surface area contributed by atoms with Crippen molar-refractivity contribution in [2.24, 2.45) is 0 Å². The van der Waals surface area contributed by atoms with Crippen molar-refractivity contribution in [1.82, 2.24) is 9.80 Å². The second-order valence-corrected chi connectivity index (χ2v) is 7.41. The molecule has 0 bridgehead atoms. The molecule has 0 aliphatic carbocycles. The Morgan fingerprint density at radius 3 is 2.58 bits per heavy atom. The summed E-state index contributed by atoms with van der Waals surface area (Å²) in [4.78, 5) is 17.0. The summed E-state index contributed by atoms with van der Waals surface area (Å²) >= 11 is 6.58. The van der Waals surface area contributed by atoms with Crippen LogP contribution in [-0.2, 0) is 9.53 Å². The van der Waals surface area contributed by atoms with Crippen molar-refractivity contribution in [3.63, 3.8) is 0 Å². The number of thiocarbonyl (C=S) groups is 1. The summed E-state index contributed by atoms with van der Waals surface area (Å²) in [6.07, 6.45) is 1.71. The number of ether oxygens (including phenoxy) is 2. The van der Waals surface area contributed by atoms with Gasteiger partial charge >= 0.3 is 6.61 Å². The molecule has 3 rings (SSSR count). The third-order valence-electron chi connectivity index (χ3n) is 4.02. The molecule has 140 valence electrons. The number of morpholine rings is 1. The number of hydrogen-bond acceptors (Lipinski definition) is 6. The average molecular weight is 400 g/mol. The summed E-state index contributed by atoms with van der Waals surface area (Å²) in [5.41, 5.74) is 0.722. The first-order valence-electron chi connectivity index (χ1n) is 8.13. The van der Waals surface area contributed by atoms with Crippen LogP contribution >= 0.6 is 24.0 Å². The SMILES string of the molecule is O=C1/C(=C/c2ccc(OC(F)F)cc2)SC(=S)N1CCN1CCOCC1. The zero-order valence-electron chi connectivity index (χ0n) is 13.9. The molecule has 0 N–H and O–H groups in total. The van der Waals surface area contributed by atoms with Gasteiger partial charge in [0.05, 0.1) is 18.1 Å². The molecule has 0 aromatic heterocycles. The van der Waals surface area contributed by atoms with Crippen LogP contribution in [0.2, 0.25) is 0 Å². The summed E-state index contributed by atoms with van der Waals surface area (Å²) in [7, 11) is 0. The highest BCUT2D eigenvalue weighted by molar-refractivity contribution is 8.26. The van der Waals surface area contributed by atoms with Crippen LogP contribution in [0.1, 0.15) is 5.56 Å². The van der Waals surface area contributed by atoms with E-state index in [2.05, 4.69) is 9.64 Å². The Balaban J connectivity index is 1.61. The largest absolute Gasteiger partial charge is 0.435 e. The van der Waals surface area contributed by atoms with E-state index in [1.165, 1.54) is 23.9 Å². The highest BCUT2D eigenvalue weighted by Crippen LogP contribution is 2.32. The Morgan fingerprint density at radius 1 is 1.23 bits per heavy atom. The summed E-state index contributed by atoms with van der Waals surface area (Å²) in [5, 5.41) is 0. The molecule has 2 aliphatic heterocycles. The van der Waals surface area contributed by atoms with Crippen LogP contribution in [0.15, 0.2) is 29.2 Å². The van der Waals surface area contributed by atoms with Gasteiger partial charge in [0.15, 0.2) is 0 Å². The monoisotopic (exact) mass is 400 g/mol. The second-order valence-electron chi connectivity index (χ2n) is 5.73. The molecular formula is C17H18F2N2O3S2. The maximum absolute atomic E-state index is 12.6. The Kier molecular flexibility index (Phi) is 6.58. The van der Waals surface area contributed by atoms with Crippen molar-refractivity contribution >= 4 is 40.3 Å². The van der Waals surface area contributed by atoms with Crippen molar-refractivity contribution < 1.29 is 23.0 Å². The molecule has 9 heteroatoms. The molecule has 0 atom stereocenters. The lowest BCUT2D eigenvalue weighted by Crippen LogP contribution is -2.42. The molecule has 2 heterocycles. The highest BCUT2D eigenvalue weighted by Gasteiger charge is 2.32. The fraction of sp³-hybridized carbons (Fsp3) is 0.412. The van der Waals surface area contributed by atoms with E-state index in [9.17, 15) is 13.6 Å². The smallest absolute Gasteiger partial charge is 0.387 e. The maximum atomic E-state index is 12.6. The Bertz CT molecular complexity index is 692. The molecule has 5 nitrogen and oxygen atoms in total. The molecule has 0 spiro atoms. The van der Waals surface area contributed by atoms with Gasteiger partial charge in [0.1, 0.15) is 10.1 Å². The fourth-order valence-corrected chi connectivity index (χ4v) is 3.96. The van der Waals surface area contributed by atoms with Gasteiger partial charge < -0.3 is 9.47 Å². The summed E-state index contributed by atoms with van der Waals surface area (Å²) in [6.45, 7) is 1.58. The highest BCUT2D eigenvalue weighted by atomic mass is 32.2. The molecule has 1 amide bonds. The number of carbonyl (C=O) groups excluding carboxylic acids is 1. The number of hydrogen-bond donors (Lipinski definition) is 0. The average Bonchev–Trinajstić information content (AvgIpc) is 2.89. The van der Waals surface area contributed by atoms with Gasteiger partial charge in [-0.05, 0) is 23.8 Å². The lowest BCUT2D eigenvalue weighted by Gasteiger charge is -2.28. The quantitative estimate of drug-likeness (QED) is 0.540. The zero-order chi connectivity index (χ0) is 18.5. The lowest BCUT2D eigenvalue weighted by molar-refractivity contribution is -0.122. The van der Waals surface area contributed by atoms with Crippen LogP contribution in [-0.4, -0.2) is 66.0 Å². The number of thioether (sulfide) groups is 1. The molecule has 1 aromatic rings. The number of benzene rings is 1. The third kappa shape index (κ3) is 5.00. The topological polar surface area (TPSA) is 42.0 Å². The van der Waals surface area contributed by atoms with Crippen molar-refractivity contribution in [3.8, 4) is 5.75 Å². The normalized spacial score (nSPS) is 20.4. The molecule has 26 heavy (non-hydrogen) atoms. The standard InChI is InChI=1S/C17H18F2N2O3S2/c18-16(19)24-13-3-1-12(2-4-13)11-14-15(22)21(17(25)26-14)6-5-20-7-9-23-10-8-20/h1-4,11,16H,5-10H2/b14-11-. The van der Waals surface area contributed by atoms with Gasteiger partial charge in [-0.2, -0.15) is 8.78 Å². The zero-order valence-corrected chi connectivity index (χ0v) is 15.5. The van der Waals surface area contributed by atoms with Crippen molar-refractivity contribution in [3.05, 3.63) is 34.7 Å². The van der Waals surface area contributed by atoms with Gasteiger partial charge in [-0.15, -0.1) is 0 Å². The van der Waals surface area contributed by atoms with Gasteiger partial charge in [0, 0.05) is 26.2 Å². The van der Waals surface area contributed by atoms with E-state index >= 15 is 0 Å². The molecular weight excluding hydrogens is 382 g/mol. The second kappa shape index (κ2) is 8.90. The van der Waals surface area contributed by atoms with Crippen LogP contribution in [0.25, 0.3) is 6.08 Å². The van der Waals surface area contributed by atoms with E-state index < -0.39 is 6.61 Å². The predicted octanol–water partition coefficient (Wildman–Crippen LogP) is 2.82. The number of carbonyl (C=O) groups is 1. The first-order valence-corrected chi connectivity index (χ1v) is 9.36. The Labute approximate surface area is 159 Å². The minimum absolute atomic E-state index is 0.0789.